The van der Waals surface area contributed by atoms with Gasteiger partial charge in [-0.15, -0.1) is 0 Å². The van der Waals surface area contributed by atoms with Crippen LogP contribution in [0.2, 0.25) is 0 Å². The minimum atomic E-state index is -0.873. The SMILES string of the molecule is Cc1ccc(NC(=O)C(=O)N/N=C/c2ccc(OCC(=O)NCC(C)C)cc2)cc1C. The quantitative estimate of drug-likeness (QED) is 0.344. The van der Waals surface area contributed by atoms with Crippen molar-refractivity contribution in [3.8, 4) is 5.75 Å². The van der Waals surface area contributed by atoms with Gasteiger partial charge in [0.15, 0.2) is 6.61 Å². The number of nitrogens with zero attached hydrogens (tertiary/aromatic N) is 1. The lowest BCUT2D eigenvalue weighted by molar-refractivity contribution is -0.136. The van der Waals surface area contributed by atoms with Crippen LogP contribution in [-0.2, 0) is 14.4 Å². The maximum Gasteiger partial charge on any atom is 0.329 e. The zero-order chi connectivity index (χ0) is 22.8. The minimum absolute atomic E-state index is 0.0637. The van der Waals surface area contributed by atoms with Crippen molar-refractivity contribution in [2.24, 2.45) is 11.0 Å². The van der Waals surface area contributed by atoms with Crippen molar-refractivity contribution in [2.45, 2.75) is 27.7 Å². The molecular weight excluding hydrogens is 396 g/mol. The number of hydrogen-bond acceptors (Lipinski definition) is 5. The van der Waals surface area contributed by atoms with Gasteiger partial charge < -0.3 is 15.4 Å². The molecule has 2 aromatic rings. The van der Waals surface area contributed by atoms with Crippen molar-refractivity contribution in [3.05, 3.63) is 59.2 Å². The number of aryl methyl sites for hydroxylation is 2. The smallest absolute Gasteiger partial charge is 0.329 e. The number of anilines is 1. The van der Waals surface area contributed by atoms with Crippen LogP contribution in [-0.4, -0.2) is 37.1 Å². The topological polar surface area (TPSA) is 109 Å². The van der Waals surface area contributed by atoms with Crippen LogP contribution in [0, 0.1) is 19.8 Å². The van der Waals surface area contributed by atoms with Gasteiger partial charge in [-0.2, -0.15) is 5.10 Å². The molecule has 0 radical (unpaired) electrons. The van der Waals surface area contributed by atoms with E-state index < -0.39 is 11.8 Å². The van der Waals surface area contributed by atoms with Crippen LogP contribution in [0.3, 0.4) is 0 Å². The molecule has 0 saturated carbocycles. The first-order chi connectivity index (χ1) is 14.7. The fourth-order valence-corrected chi connectivity index (χ4v) is 2.39. The summed E-state index contributed by atoms with van der Waals surface area (Å²) in [6, 6.07) is 12.2. The molecule has 0 fully saturated rings. The van der Waals surface area contributed by atoms with Crippen LogP contribution in [0.4, 0.5) is 5.69 Å². The van der Waals surface area contributed by atoms with E-state index in [1.807, 2.05) is 33.8 Å². The van der Waals surface area contributed by atoms with Gasteiger partial charge in [-0.05, 0) is 72.9 Å². The third kappa shape index (κ3) is 8.30. The first-order valence-electron chi connectivity index (χ1n) is 9.96. The van der Waals surface area contributed by atoms with Crippen LogP contribution < -0.4 is 20.8 Å². The van der Waals surface area contributed by atoms with Crippen molar-refractivity contribution in [2.75, 3.05) is 18.5 Å². The van der Waals surface area contributed by atoms with E-state index in [0.717, 1.165) is 11.1 Å². The van der Waals surface area contributed by atoms with E-state index in [0.29, 0.717) is 29.5 Å². The third-order valence-electron chi connectivity index (χ3n) is 4.31. The van der Waals surface area contributed by atoms with Crippen LogP contribution in [0.25, 0.3) is 0 Å². The Kier molecular flexibility index (Phi) is 8.75. The first kappa shape index (κ1) is 23.6. The second-order valence-electron chi connectivity index (χ2n) is 7.51. The molecule has 2 rings (SSSR count). The minimum Gasteiger partial charge on any atom is -0.484 e. The highest BCUT2D eigenvalue weighted by molar-refractivity contribution is 6.39. The number of hydrazone groups is 1. The number of ether oxygens (including phenoxy) is 1. The first-order valence-corrected chi connectivity index (χ1v) is 9.96. The summed E-state index contributed by atoms with van der Waals surface area (Å²) in [5.74, 6) is -0.947. The zero-order valence-electron chi connectivity index (χ0n) is 18.2. The van der Waals surface area contributed by atoms with Gasteiger partial charge in [-0.3, -0.25) is 14.4 Å². The summed E-state index contributed by atoms with van der Waals surface area (Å²) in [5.41, 5.74) is 5.53. The maximum atomic E-state index is 12.0. The molecule has 31 heavy (non-hydrogen) atoms. The number of rotatable bonds is 8. The fraction of sp³-hybridized carbons (Fsp3) is 0.304. The maximum absolute atomic E-state index is 12.0. The number of benzene rings is 2. The second kappa shape index (κ2) is 11.5. The van der Waals surface area contributed by atoms with E-state index in [4.69, 9.17) is 4.74 Å². The Balaban J connectivity index is 1.78. The number of nitrogens with one attached hydrogen (secondary N) is 3. The molecule has 8 nitrogen and oxygen atoms in total. The summed E-state index contributed by atoms with van der Waals surface area (Å²) in [5, 5.41) is 9.09. The highest BCUT2D eigenvalue weighted by Gasteiger charge is 2.13. The molecule has 0 atom stereocenters. The Morgan fingerprint density at radius 3 is 2.35 bits per heavy atom. The van der Waals surface area contributed by atoms with Gasteiger partial charge in [0, 0.05) is 12.2 Å². The van der Waals surface area contributed by atoms with Crippen LogP contribution in [0.15, 0.2) is 47.6 Å². The molecule has 8 heteroatoms. The highest BCUT2D eigenvalue weighted by Crippen LogP contribution is 2.14. The Labute approximate surface area is 182 Å². The van der Waals surface area contributed by atoms with E-state index in [2.05, 4.69) is 21.2 Å². The summed E-state index contributed by atoms with van der Waals surface area (Å²) in [6.45, 7) is 8.46. The van der Waals surface area contributed by atoms with E-state index in [1.54, 1.807) is 36.4 Å². The van der Waals surface area contributed by atoms with E-state index in [9.17, 15) is 14.4 Å². The molecule has 3 N–H and O–H groups in total. The van der Waals surface area contributed by atoms with E-state index in [-0.39, 0.29) is 12.5 Å². The summed E-state index contributed by atoms with van der Waals surface area (Å²) >= 11 is 0. The Morgan fingerprint density at radius 1 is 1.00 bits per heavy atom. The second-order valence-corrected chi connectivity index (χ2v) is 7.51. The van der Waals surface area contributed by atoms with Crippen molar-refractivity contribution in [1.29, 1.82) is 0 Å². The average molecular weight is 425 g/mol. The Hall–Kier alpha value is -3.68. The lowest BCUT2D eigenvalue weighted by Gasteiger charge is -2.09. The van der Waals surface area contributed by atoms with Gasteiger partial charge >= 0.3 is 11.8 Å². The summed E-state index contributed by atoms with van der Waals surface area (Å²) < 4.78 is 5.42. The summed E-state index contributed by atoms with van der Waals surface area (Å²) in [6.07, 6.45) is 1.40. The largest absolute Gasteiger partial charge is 0.484 e. The standard InChI is InChI=1S/C23H28N4O4/c1-15(2)12-24-21(28)14-31-20-9-6-18(7-10-20)13-25-27-23(30)22(29)26-19-8-5-16(3)17(4)11-19/h5-11,13,15H,12,14H2,1-4H3,(H,24,28)(H,26,29)(H,27,30)/b25-13+. The van der Waals surface area contributed by atoms with Crippen molar-refractivity contribution in [1.82, 2.24) is 10.7 Å². The molecule has 0 aliphatic carbocycles. The lowest BCUT2D eigenvalue weighted by Crippen LogP contribution is -2.32. The monoisotopic (exact) mass is 424 g/mol. The highest BCUT2D eigenvalue weighted by atomic mass is 16.5. The molecule has 0 aromatic heterocycles. The van der Waals surface area contributed by atoms with Crippen molar-refractivity contribution < 1.29 is 19.1 Å². The van der Waals surface area contributed by atoms with E-state index in [1.165, 1.54) is 6.21 Å². The fourth-order valence-electron chi connectivity index (χ4n) is 2.39. The number of carbonyl (C=O) groups is 3. The molecule has 0 aliphatic heterocycles. The molecular formula is C23H28N4O4. The average Bonchev–Trinajstić information content (AvgIpc) is 2.74. The number of amides is 3. The van der Waals surface area contributed by atoms with Crippen molar-refractivity contribution in [3.63, 3.8) is 0 Å². The predicted octanol–water partition coefficient (Wildman–Crippen LogP) is 2.54. The molecule has 0 bridgehead atoms. The molecule has 164 valence electrons. The molecule has 2 aromatic carbocycles. The predicted molar refractivity (Wildman–Crippen MR) is 120 cm³/mol. The summed E-state index contributed by atoms with van der Waals surface area (Å²) in [7, 11) is 0. The summed E-state index contributed by atoms with van der Waals surface area (Å²) in [4.78, 5) is 35.5. The molecule has 0 unspecified atom stereocenters. The van der Waals surface area contributed by atoms with Gasteiger partial charge in [0.05, 0.1) is 6.21 Å². The molecule has 3 amide bonds. The van der Waals surface area contributed by atoms with Gasteiger partial charge in [0.1, 0.15) is 5.75 Å². The molecule has 0 aliphatic rings. The van der Waals surface area contributed by atoms with Gasteiger partial charge in [-0.1, -0.05) is 19.9 Å². The molecule has 0 saturated heterocycles. The van der Waals surface area contributed by atoms with E-state index >= 15 is 0 Å². The van der Waals surface area contributed by atoms with Gasteiger partial charge in [0.2, 0.25) is 0 Å². The van der Waals surface area contributed by atoms with Crippen LogP contribution in [0.1, 0.15) is 30.5 Å². The van der Waals surface area contributed by atoms with Crippen LogP contribution >= 0.6 is 0 Å². The Bertz CT molecular complexity index is 953. The number of carbonyl (C=O) groups excluding carboxylic acids is 3. The molecule has 0 spiro atoms. The zero-order valence-corrected chi connectivity index (χ0v) is 18.2. The van der Waals surface area contributed by atoms with Gasteiger partial charge in [0.25, 0.3) is 5.91 Å². The van der Waals surface area contributed by atoms with Crippen molar-refractivity contribution >= 4 is 29.6 Å². The lowest BCUT2D eigenvalue weighted by atomic mass is 10.1. The normalized spacial score (nSPS) is 10.7. The Morgan fingerprint density at radius 2 is 1.71 bits per heavy atom. The molecule has 0 heterocycles. The van der Waals surface area contributed by atoms with Gasteiger partial charge in [-0.25, -0.2) is 5.43 Å². The third-order valence-corrected chi connectivity index (χ3v) is 4.31. The number of hydrogen-bond donors (Lipinski definition) is 3. The van der Waals surface area contributed by atoms with Crippen LogP contribution in [0.5, 0.6) is 5.75 Å².